The van der Waals surface area contributed by atoms with E-state index in [2.05, 4.69) is 33.5 Å². The highest BCUT2D eigenvalue weighted by molar-refractivity contribution is 14.1. The maximum absolute atomic E-state index is 11.9. The van der Waals surface area contributed by atoms with E-state index in [-0.39, 0.29) is 36.6 Å². The van der Waals surface area contributed by atoms with Gasteiger partial charge in [-0.15, -0.1) is 6.42 Å². The molecule has 0 unspecified atom stereocenters. The summed E-state index contributed by atoms with van der Waals surface area (Å²) >= 11 is 1.85. The van der Waals surface area contributed by atoms with Gasteiger partial charge in [-0.3, -0.25) is 38.3 Å². The van der Waals surface area contributed by atoms with Gasteiger partial charge in [0.05, 0.1) is 41.1 Å². The van der Waals surface area contributed by atoms with Crippen LogP contribution in [0.4, 0.5) is 13.2 Å². The minimum atomic E-state index is -4.84. The molecule has 2 aliphatic rings. The molecule has 0 radical (unpaired) electrons. The van der Waals surface area contributed by atoms with Gasteiger partial charge in [-0.05, 0) is 35.4 Å². The van der Waals surface area contributed by atoms with Crippen LogP contribution in [0.5, 0.6) is 0 Å². The van der Waals surface area contributed by atoms with Gasteiger partial charge in [-0.2, -0.15) is 13.2 Å². The first-order valence-corrected chi connectivity index (χ1v) is 16.1. The SMILES string of the molecule is C#CCNC(=O)C(F)(F)F.CC[C@H]1O[C@@H](n2cc(C#CCNC(C)=O)c(=O)[nH]c2=O)C[C@H]1O.CC[C@H]1O[C@@H](n2cc(I)c(=O)[nH]c2=O)C[C@H]1O. The van der Waals surface area contributed by atoms with E-state index in [1.807, 2.05) is 42.4 Å². The van der Waals surface area contributed by atoms with Gasteiger partial charge in [0.2, 0.25) is 5.91 Å². The molecule has 0 aromatic carbocycles. The number of aliphatic hydroxyl groups excluding tert-OH is 2. The number of nitrogens with one attached hydrogen (secondary N) is 4. The minimum Gasteiger partial charge on any atom is -0.390 e. The average Bonchev–Trinajstić information content (AvgIpc) is 3.61. The Labute approximate surface area is 295 Å². The molecule has 6 atom stereocenters. The van der Waals surface area contributed by atoms with Crippen LogP contribution in [0.2, 0.25) is 0 Å². The van der Waals surface area contributed by atoms with Gasteiger partial charge in [-0.1, -0.05) is 31.6 Å². The number of aromatic amines is 2. The molecule has 0 bridgehead atoms. The van der Waals surface area contributed by atoms with Crippen LogP contribution in [0.25, 0.3) is 0 Å². The summed E-state index contributed by atoms with van der Waals surface area (Å²) in [4.78, 5) is 71.6. The molecule has 274 valence electrons. The van der Waals surface area contributed by atoms with E-state index in [0.29, 0.717) is 22.8 Å². The van der Waals surface area contributed by atoms with Crippen LogP contribution in [0.3, 0.4) is 0 Å². The van der Waals surface area contributed by atoms with Crippen LogP contribution >= 0.6 is 22.6 Å². The number of carbonyl (C=O) groups excluding carboxylic acids is 2. The average molecular weight is 825 g/mol. The Kier molecular flexibility index (Phi) is 16.1. The number of carbonyl (C=O) groups is 2. The van der Waals surface area contributed by atoms with Gasteiger partial charge in [-0.25, -0.2) is 9.59 Å². The molecule has 2 amide bonds. The third-order valence-electron chi connectivity index (χ3n) is 6.98. The number of hydrogen-bond donors (Lipinski definition) is 6. The number of amides is 2. The van der Waals surface area contributed by atoms with Crippen LogP contribution in [-0.4, -0.2) is 84.8 Å². The second-order valence-corrected chi connectivity index (χ2v) is 11.8. The van der Waals surface area contributed by atoms with E-state index in [1.165, 1.54) is 33.8 Å². The van der Waals surface area contributed by atoms with Crippen molar-refractivity contribution in [1.29, 1.82) is 0 Å². The van der Waals surface area contributed by atoms with Gasteiger partial charge in [0.25, 0.3) is 11.1 Å². The number of alkyl halides is 3. The summed E-state index contributed by atoms with van der Waals surface area (Å²) in [6.45, 7) is 4.85. The molecule has 2 saturated heterocycles. The Balaban J connectivity index is 0.000000282. The van der Waals surface area contributed by atoms with Crippen molar-refractivity contribution in [1.82, 2.24) is 29.7 Å². The topological polar surface area (TPSA) is 227 Å². The summed E-state index contributed by atoms with van der Waals surface area (Å²) in [5.41, 5.74) is -2.04. The third kappa shape index (κ3) is 12.3. The largest absolute Gasteiger partial charge is 0.471 e. The van der Waals surface area contributed by atoms with E-state index >= 15 is 0 Å². The number of H-pyrrole nitrogens is 2. The van der Waals surface area contributed by atoms with Gasteiger partial charge >= 0.3 is 23.5 Å². The zero-order valence-electron chi connectivity index (χ0n) is 27.0. The summed E-state index contributed by atoms with van der Waals surface area (Å²) in [5.74, 6) is 4.85. The van der Waals surface area contributed by atoms with Gasteiger partial charge < -0.3 is 30.3 Å². The molecule has 2 aromatic rings. The number of aliphatic hydroxyl groups is 2. The molecule has 20 heteroatoms. The Hall–Kier alpha value is -4.22. The van der Waals surface area contributed by atoms with Crippen molar-refractivity contribution in [2.45, 2.75) is 89.5 Å². The first-order chi connectivity index (χ1) is 23.4. The quantitative estimate of drug-likeness (QED) is 0.163. The smallest absolute Gasteiger partial charge is 0.390 e. The molecule has 2 fully saturated rings. The van der Waals surface area contributed by atoms with Crippen LogP contribution < -0.4 is 33.1 Å². The van der Waals surface area contributed by atoms with E-state index < -0.39 is 65.8 Å². The number of nitrogens with zero attached hydrogens (tertiary/aromatic N) is 2. The maximum Gasteiger partial charge on any atom is 0.471 e. The number of aromatic nitrogens is 4. The third-order valence-corrected chi connectivity index (χ3v) is 7.75. The lowest BCUT2D eigenvalue weighted by Gasteiger charge is -2.14. The van der Waals surface area contributed by atoms with Crippen LogP contribution in [-0.2, 0) is 19.1 Å². The van der Waals surface area contributed by atoms with E-state index in [0.717, 1.165) is 0 Å². The molecular weight excluding hydrogens is 788 g/mol. The molecule has 0 aliphatic carbocycles. The van der Waals surface area contributed by atoms with Crippen molar-refractivity contribution < 1.29 is 42.4 Å². The van der Waals surface area contributed by atoms with Gasteiger partial charge in [0.15, 0.2) is 0 Å². The predicted octanol–water partition coefficient (Wildman–Crippen LogP) is -0.420. The zero-order chi connectivity index (χ0) is 37.8. The number of ether oxygens (including phenoxy) is 2. The highest BCUT2D eigenvalue weighted by Crippen LogP contribution is 2.30. The fourth-order valence-corrected chi connectivity index (χ4v) is 4.95. The number of terminal acetylenes is 1. The van der Waals surface area contributed by atoms with Crippen molar-refractivity contribution in [3.05, 3.63) is 63.2 Å². The molecule has 2 aliphatic heterocycles. The normalized spacial score (nSPS) is 22.4. The first kappa shape index (κ1) is 41.9. The van der Waals surface area contributed by atoms with Crippen molar-refractivity contribution in [2.24, 2.45) is 0 Å². The predicted molar refractivity (Wildman–Crippen MR) is 178 cm³/mol. The zero-order valence-corrected chi connectivity index (χ0v) is 29.2. The van der Waals surface area contributed by atoms with Gasteiger partial charge in [0, 0.05) is 32.2 Å². The molecule has 0 saturated carbocycles. The molecule has 50 heavy (non-hydrogen) atoms. The number of rotatable bonds is 6. The molecule has 4 heterocycles. The summed E-state index contributed by atoms with van der Waals surface area (Å²) in [5, 5.41) is 23.6. The molecule has 0 spiro atoms. The van der Waals surface area contributed by atoms with Crippen molar-refractivity contribution >= 4 is 34.4 Å². The van der Waals surface area contributed by atoms with E-state index in [1.54, 1.807) is 0 Å². The Morgan fingerprint density at radius 1 is 0.940 bits per heavy atom. The number of halogens is 4. The van der Waals surface area contributed by atoms with Crippen molar-refractivity contribution in [3.63, 3.8) is 0 Å². The van der Waals surface area contributed by atoms with Crippen molar-refractivity contribution in [3.8, 4) is 24.2 Å². The molecule has 6 N–H and O–H groups in total. The van der Waals surface area contributed by atoms with Crippen LogP contribution in [0.15, 0.2) is 31.6 Å². The first-order valence-electron chi connectivity index (χ1n) is 15.0. The molecule has 2 aromatic heterocycles. The molecule has 16 nitrogen and oxygen atoms in total. The summed E-state index contributed by atoms with van der Waals surface area (Å²) in [6.07, 6.45) is 1.50. The second kappa shape index (κ2) is 19.2. The van der Waals surface area contributed by atoms with Crippen LogP contribution in [0.1, 0.15) is 64.5 Å². The summed E-state index contributed by atoms with van der Waals surface area (Å²) in [7, 11) is 0. The van der Waals surface area contributed by atoms with Crippen molar-refractivity contribution in [2.75, 3.05) is 13.1 Å². The number of hydrogen-bond acceptors (Lipinski definition) is 10. The Morgan fingerprint density at radius 2 is 1.44 bits per heavy atom. The lowest BCUT2D eigenvalue weighted by molar-refractivity contribution is -0.173. The standard InChI is InChI=1S/C15H19N3O5.C10H13IN2O4.C5H4F3NO/c1-3-12-11(20)7-13(23-12)18-8-10(14(21)17-15(18)22)5-4-6-16-9(2)19;1-2-7-6(14)3-8(17-7)13-4-5(11)9(15)12-10(13)16;1-2-3-9-4(10)5(6,7)8/h8,11-13,20H,3,6-7H2,1-2H3,(H,16,19)(H,17,21,22);4,6-8,14H,2-3H2,1H3,(H,12,15,16);1H,3H2,(H,9,10)/t11-,12-,13-;6-,7-,8-;/m11./s1. The monoisotopic (exact) mass is 824 g/mol. The fraction of sp³-hybridized carbons (Fsp3) is 0.533. The van der Waals surface area contributed by atoms with Crippen LogP contribution in [0, 0.1) is 27.8 Å². The van der Waals surface area contributed by atoms with E-state index in [9.17, 15) is 52.2 Å². The molecular formula is C30H36F3IN6O10. The minimum absolute atomic E-state index is 0.0907. The van der Waals surface area contributed by atoms with E-state index in [4.69, 9.17) is 9.47 Å². The highest BCUT2D eigenvalue weighted by Gasteiger charge is 2.38. The summed E-state index contributed by atoms with van der Waals surface area (Å²) in [6, 6.07) is 0. The Morgan fingerprint density at radius 3 is 1.88 bits per heavy atom. The Bertz CT molecular complexity index is 1840. The lowest BCUT2D eigenvalue weighted by atomic mass is 10.1. The lowest BCUT2D eigenvalue weighted by Crippen LogP contribution is -2.36. The molecule has 4 rings (SSSR count). The second-order valence-electron chi connectivity index (χ2n) is 10.6. The highest BCUT2D eigenvalue weighted by atomic mass is 127. The summed E-state index contributed by atoms with van der Waals surface area (Å²) < 4.78 is 48.0. The van der Waals surface area contributed by atoms with Gasteiger partial charge in [0.1, 0.15) is 18.0 Å². The fourth-order valence-electron chi connectivity index (χ4n) is 4.51. The maximum atomic E-state index is 11.9.